The zero-order valence-corrected chi connectivity index (χ0v) is 13.8. The predicted molar refractivity (Wildman–Crippen MR) is 95.8 cm³/mol. The Hall–Kier alpha value is -3.28. The fraction of sp³-hybridized carbons (Fsp3) is 0. The minimum atomic E-state index is -3.90. The van der Waals surface area contributed by atoms with Gasteiger partial charge < -0.3 is 5.53 Å². The van der Waals surface area contributed by atoms with Crippen LogP contribution in [-0.2, 0) is 10.0 Å². The largest absolute Gasteiger partial charge is 0.362 e. The highest BCUT2D eigenvalue weighted by atomic mass is 32.2. The minimum Gasteiger partial charge on any atom is -0.361 e. The van der Waals surface area contributed by atoms with E-state index >= 15 is 0 Å². The van der Waals surface area contributed by atoms with Crippen molar-refractivity contribution in [2.45, 2.75) is 4.90 Å². The van der Waals surface area contributed by atoms with E-state index in [1.165, 1.54) is 30.4 Å². The molecule has 2 aromatic rings. The Labute approximate surface area is 144 Å². The Balaban J connectivity index is 2.04. The van der Waals surface area contributed by atoms with Crippen molar-refractivity contribution in [1.29, 1.82) is 0 Å². The summed E-state index contributed by atoms with van der Waals surface area (Å²) in [5.41, 5.74) is 10.4. The van der Waals surface area contributed by atoms with Crippen LogP contribution in [0.2, 0.25) is 0 Å². The maximum Gasteiger partial charge on any atom is 0.362 e. The van der Waals surface area contributed by atoms with Crippen molar-refractivity contribution in [2.75, 3.05) is 4.72 Å². The van der Waals surface area contributed by atoms with E-state index in [0.717, 1.165) is 5.56 Å². The minimum absolute atomic E-state index is 0.0283. The van der Waals surface area contributed by atoms with Crippen LogP contribution in [-0.4, -0.2) is 24.7 Å². The molecule has 3 rings (SSSR count). The number of rotatable bonds is 4. The van der Waals surface area contributed by atoms with Gasteiger partial charge in [-0.1, -0.05) is 36.9 Å². The number of nitrogens with one attached hydrogen (secondary N) is 1. The SMILES string of the molecule is C=Cc1ccc(NS(=O)(=O)c2cccc3c2C=CC(=[N+]=[N-])C3=O)cc1. The maximum atomic E-state index is 12.7. The Kier molecular flexibility index (Phi) is 4.19. The molecular formula is C18H13N3O3S. The molecule has 0 atom stereocenters. The van der Waals surface area contributed by atoms with Crippen LogP contribution in [0, 0.1) is 0 Å². The highest BCUT2D eigenvalue weighted by Crippen LogP contribution is 2.27. The number of fused-ring (bicyclic) bond motifs is 1. The van der Waals surface area contributed by atoms with Crippen LogP contribution < -0.4 is 4.72 Å². The molecule has 2 aromatic carbocycles. The van der Waals surface area contributed by atoms with E-state index in [2.05, 4.69) is 16.1 Å². The van der Waals surface area contributed by atoms with Crippen LogP contribution in [0.1, 0.15) is 21.5 Å². The van der Waals surface area contributed by atoms with E-state index in [1.807, 2.05) is 0 Å². The molecule has 0 unspecified atom stereocenters. The topological polar surface area (TPSA) is 99.6 Å². The molecule has 7 heteroatoms. The van der Waals surface area contributed by atoms with Gasteiger partial charge >= 0.3 is 5.71 Å². The lowest BCUT2D eigenvalue weighted by atomic mass is 9.95. The number of Topliss-reactive ketones (excluding diaryl/α,β-unsaturated/α-hetero) is 1. The number of benzene rings is 2. The van der Waals surface area contributed by atoms with Gasteiger partial charge in [0.05, 0.1) is 4.90 Å². The fourth-order valence-electron chi connectivity index (χ4n) is 2.50. The lowest BCUT2D eigenvalue weighted by Gasteiger charge is -2.14. The molecule has 0 radical (unpaired) electrons. The van der Waals surface area contributed by atoms with E-state index in [4.69, 9.17) is 5.53 Å². The van der Waals surface area contributed by atoms with Crippen LogP contribution in [0.3, 0.4) is 0 Å². The number of anilines is 1. The van der Waals surface area contributed by atoms with Gasteiger partial charge in [-0.25, -0.2) is 8.42 Å². The van der Waals surface area contributed by atoms with E-state index in [0.29, 0.717) is 5.69 Å². The van der Waals surface area contributed by atoms with Crippen molar-refractivity contribution >= 4 is 39.4 Å². The molecule has 0 saturated heterocycles. The van der Waals surface area contributed by atoms with E-state index in [9.17, 15) is 13.2 Å². The van der Waals surface area contributed by atoms with Gasteiger partial charge in [0.1, 0.15) is 0 Å². The maximum absolute atomic E-state index is 12.7. The average Bonchev–Trinajstić information content (AvgIpc) is 2.62. The Bertz CT molecular complexity index is 1060. The summed E-state index contributed by atoms with van der Waals surface area (Å²) in [6.45, 7) is 3.65. The lowest BCUT2D eigenvalue weighted by Crippen LogP contribution is -2.21. The number of ketones is 1. The molecule has 6 nitrogen and oxygen atoms in total. The van der Waals surface area contributed by atoms with Crippen molar-refractivity contribution in [3.8, 4) is 0 Å². The van der Waals surface area contributed by atoms with Gasteiger partial charge in [-0.2, -0.15) is 4.79 Å². The monoisotopic (exact) mass is 351 g/mol. The molecule has 0 heterocycles. The highest BCUT2D eigenvalue weighted by molar-refractivity contribution is 7.92. The molecule has 1 N–H and O–H groups in total. The number of hydrogen-bond acceptors (Lipinski definition) is 3. The molecule has 1 aliphatic carbocycles. The van der Waals surface area contributed by atoms with Crippen molar-refractivity contribution in [1.82, 2.24) is 0 Å². The zero-order valence-electron chi connectivity index (χ0n) is 13.0. The third-order valence-electron chi connectivity index (χ3n) is 3.75. The first kappa shape index (κ1) is 16.6. The summed E-state index contributed by atoms with van der Waals surface area (Å²) < 4.78 is 27.9. The normalized spacial score (nSPS) is 13.1. The Morgan fingerprint density at radius 3 is 2.44 bits per heavy atom. The molecule has 0 amide bonds. The first-order chi connectivity index (χ1) is 12.0. The lowest BCUT2D eigenvalue weighted by molar-refractivity contribution is -0.00436. The molecular weight excluding hydrogens is 338 g/mol. The zero-order chi connectivity index (χ0) is 18.0. The second-order valence-corrected chi connectivity index (χ2v) is 6.95. The number of nitrogens with zero attached hydrogens (tertiary/aromatic N) is 2. The molecule has 0 spiro atoms. The highest BCUT2D eigenvalue weighted by Gasteiger charge is 2.30. The van der Waals surface area contributed by atoms with Crippen LogP contribution in [0.5, 0.6) is 0 Å². The Morgan fingerprint density at radius 1 is 1.08 bits per heavy atom. The molecule has 0 aromatic heterocycles. The van der Waals surface area contributed by atoms with Crippen molar-refractivity contribution in [3.05, 3.63) is 77.3 Å². The number of carbonyl (C=O) groups is 1. The summed E-state index contributed by atoms with van der Waals surface area (Å²) in [7, 11) is -3.90. The first-order valence-electron chi connectivity index (χ1n) is 7.29. The van der Waals surface area contributed by atoms with E-state index < -0.39 is 15.8 Å². The Morgan fingerprint density at radius 2 is 1.80 bits per heavy atom. The van der Waals surface area contributed by atoms with Gasteiger partial charge in [0.25, 0.3) is 15.8 Å². The number of allylic oxidation sites excluding steroid dienone is 1. The molecule has 0 aliphatic heterocycles. The van der Waals surface area contributed by atoms with Crippen LogP contribution in [0.25, 0.3) is 17.7 Å². The number of hydrogen-bond donors (Lipinski definition) is 1. The van der Waals surface area contributed by atoms with Gasteiger partial charge in [0, 0.05) is 22.9 Å². The summed E-state index contributed by atoms with van der Waals surface area (Å²) in [4.78, 5) is 15.1. The third kappa shape index (κ3) is 3.06. The fourth-order valence-corrected chi connectivity index (χ4v) is 3.78. The number of carbonyl (C=O) groups excluding carboxylic acids is 1. The summed E-state index contributed by atoms with van der Waals surface area (Å²) in [5, 5.41) is 0. The van der Waals surface area contributed by atoms with Crippen molar-refractivity contribution in [3.63, 3.8) is 0 Å². The third-order valence-corrected chi connectivity index (χ3v) is 5.19. The standard InChI is InChI=1S/C18H13N3O3S/c1-2-12-6-8-13(9-7-12)21-25(23,24)17-5-3-4-15-14(17)10-11-16(20-19)18(15)22/h2-11,21H,1H2. The second-order valence-electron chi connectivity index (χ2n) is 5.30. The van der Waals surface area contributed by atoms with Gasteiger partial charge in [-0.05, 0) is 29.8 Å². The number of sulfonamides is 1. The molecule has 25 heavy (non-hydrogen) atoms. The summed E-state index contributed by atoms with van der Waals surface area (Å²) >= 11 is 0. The molecule has 0 saturated carbocycles. The van der Waals surface area contributed by atoms with Gasteiger partial charge in [-0.15, -0.1) is 0 Å². The molecule has 0 fully saturated rings. The smallest absolute Gasteiger partial charge is 0.361 e. The van der Waals surface area contributed by atoms with E-state index in [-0.39, 0.29) is 21.7 Å². The van der Waals surface area contributed by atoms with Gasteiger partial charge in [-0.3, -0.25) is 9.52 Å². The van der Waals surface area contributed by atoms with Gasteiger partial charge in [0.15, 0.2) is 0 Å². The summed E-state index contributed by atoms with van der Waals surface area (Å²) in [6, 6.07) is 11.1. The summed E-state index contributed by atoms with van der Waals surface area (Å²) in [5.74, 6) is -0.535. The van der Waals surface area contributed by atoms with Crippen LogP contribution in [0.4, 0.5) is 5.69 Å². The van der Waals surface area contributed by atoms with Gasteiger partial charge in [0.2, 0.25) is 0 Å². The van der Waals surface area contributed by atoms with E-state index in [1.54, 1.807) is 30.3 Å². The average molecular weight is 351 g/mol. The van der Waals surface area contributed by atoms with Crippen LogP contribution >= 0.6 is 0 Å². The quantitative estimate of drug-likeness (QED) is 0.677. The molecule has 0 bridgehead atoms. The van der Waals surface area contributed by atoms with Crippen molar-refractivity contribution in [2.24, 2.45) is 0 Å². The first-order valence-corrected chi connectivity index (χ1v) is 8.78. The molecule has 124 valence electrons. The predicted octanol–water partition coefficient (Wildman–Crippen LogP) is 3.01. The summed E-state index contributed by atoms with van der Waals surface area (Å²) in [6.07, 6.45) is 4.38. The molecule has 1 aliphatic rings. The van der Waals surface area contributed by atoms with Crippen molar-refractivity contribution < 1.29 is 18.0 Å². The second kappa shape index (κ2) is 6.32. The van der Waals surface area contributed by atoms with Crippen LogP contribution in [0.15, 0.2) is 60.0 Å².